The Morgan fingerprint density at radius 3 is 2.62 bits per heavy atom. The van der Waals surface area contributed by atoms with Gasteiger partial charge in [-0.15, -0.1) is 0 Å². The molecule has 0 spiro atoms. The summed E-state index contributed by atoms with van der Waals surface area (Å²) in [7, 11) is 1.66. The molecule has 0 amide bonds. The molecule has 2 N–H and O–H groups in total. The molecule has 0 saturated heterocycles. The molecule has 2 aromatic rings. The van der Waals surface area contributed by atoms with E-state index in [2.05, 4.69) is 21.7 Å². The van der Waals surface area contributed by atoms with Crippen molar-refractivity contribution >= 4 is 17.6 Å². The van der Waals surface area contributed by atoms with Crippen molar-refractivity contribution in [3.8, 4) is 5.75 Å². The number of ether oxygens (including phenoxy) is 2. The van der Waals surface area contributed by atoms with E-state index in [1.54, 1.807) is 7.11 Å². The van der Waals surface area contributed by atoms with E-state index in [0.717, 1.165) is 34.4 Å². The average molecular weight is 376 g/mol. The van der Waals surface area contributed by atoms with E-state index in [4.69, 9.17) is 21.1 Å². The van der Waals surface area contributed by atoms with Gasteiger partial charge in [-0.1, -0.05) is 35.9 Å². The highest BCUT2D eigenvalue weighted by atomic mass is 35.5. The quantitative estimate of drug-likeness (QED) is 0.399. The maximum atomic E-state index is 6.02. The molecule has 6 heteroatoms. The van der Waals surface area contributed by atoms with Gasteiger partial charge in [-0.2, -0.15) is 0 Å². The first kappa shape index (κ1) is 20.1. The zero-order valence-electron chi connectivity index (χ0n) is 15.3. The van der Waals surface area contributed by atoms with E-state index in [0.29, 0.717) is 26.3 Å². The molecular weight excluding hydrogens is 350 g/mol. The van der Waals surface area contributed by atoms with Gasteiger partial charge in [-0.25, -0.2) is 4.99 Å². The summed E-state index contributed by atoms with van der Waals surface area (Å²) in [6, 6.07) is 15.7. The summed E-state index contributed by atoms with van der Waals surface area (Å²) >= 11 is 6.02. The van der Waals surface area contributed by atoms with Crippen LogP contribution in [0, 0.1) is 0 Å². The Morgan fingerprint density at radius 2 is 1.85 bits per heavy atom. The molecule has 0 aliphatic carbocycles. The predicted molar refractivity (Wildman–Crippen MR) is 107 cm³/mol. The zero-order valence-corrected chi connectivity index (χ0v) is 16.1. The van der Waals surface area contributed by atoms with Gasteiger partial charge in [-0.3, -0.25) is 0 Å². The molecule has 0 aromatic heterocycles. The van der Waals surface area contributed by atoms with Gasteiger partial charge in [0.15, 0.2) is 5.96 Å². The van der Waals surface area contributed by atoms with Gasteiger partial charge in [0.25, 0.3) is 0 Å². The number of hydrogen-bond acceptors (Lipinski definition) is 3. The Balaban J connectivity index is 1.93. The summed E-state index contributed by atoms with van der Waals surface area (Å²) in [5, 5.41) is 7.32. The third-order valence-corrected chi connectivity index (χ3v) is 3.80. The monoisotopic (exact) mass is 375 g/mol. The van der Waals surface area contributed by atoms with E-state index in [9.17, 15) is 0 Å². The molecule has 0 atom stereocenters. The van der Waals surface area contributed by atoms with Crippen molar-refractivity contribution in [2.24, 2.45) is 4.99 Å². The number of guanidine groups is 1. The molecule has 5 nitrogen and oxygen atoms in total. The van der Waals surface area contributed by atoms with E-state index in [1.165, 1.54) is 0 Å². The Morgan fingerprint density at radius 1 is 1.04 bits per heavy atom. The smallest absolute Gasteiger partial charge is 0.191 e. The van der Waals surface area contributed by atoms with Crippen LogP contribution < -0.4 is 15.4 Å². The van der Waals surface area contributed by atoms with Crippen LogP contribution in [-0.4, -0.2) is 32.8 Å². The summed E-state index contributed by atoms with van der Waals surface area (Å²) in [5.74, 6) is 1.60. The zero-order chi connectivity index (χ0) is 18.6. The summed E-state index contributed by atoms with van der Waals surface area (Å²) in [5.41, 5.74) is 2.19. The lowest BCUT2D eigenvalue weighted by Gasteiger charge is -2.12. The normalized spacial score (nSPS) is 11.3. The highest BCUT2D eigenvalue weighted by Crippen LogP contribution is 2.13. The molecule has 0 fully saturated rings. The fraction of sp³-hybridized carbons (Fsp3) is 0.350. The van der Waals surface area contributed by atoms with Crippen LogP contribution in [0.4, 0.5) is 0 Å². The van der Waals surface area contributed by atoms with Crippen molar-refractivity contribution < 1.29 is 9.47 Å². The lowest BCUT2D eigenvalue weighted by atomic mass is 10.2. The van der Waals surface area contributed by atoms with Crippen molar-refractivity contribution in [1.29, 1.82) is 0 Å². The van der Waals surface area contributed by atoms with Crippen LogP contribution in [-0.2, 0) is 17.8 Å². The van der Waals surface area contributed by atoms with Gasteiger partial charge in [-0.05, 0) is 42.3 Å². The third kappa shape index (κ3) is 7.33. The van der Waals surface area contributed by atoms with Crippen LogP contribution in [0.2, 0.25) is 5.02 Å². The van der Waals surface area contributed by atoms with Crippen LogP contribution in [0.1, 0.15) is 18.1 Å². The molecule has 140 valence electrons. The minimum atomic E-state index is 0.539. The van der Waals surface area contributed by atoms with Gasteiger partial charge in [0.2, 0.25) is 0 Å². The minimum Gasteiger partial charge on any atom is -0.491 e. The highest BCUT2D eigenvalue weighted by molar-refractivity contribution is 6.30. The number of methoxy groups -OCH3 is 1. The molecule has 0 aliphatic heterocycles. The van der Waals surface area contributed by atoms with Crippen molar-refractivity contribution in [3.63, 3.8) is 0 Å². The Bertz CT molecular complexity index is 707. The molecule has 26 heavy (non-hydrogen) atoms. The standard InChI is InChI=1S/C20H26ClN3O2/c1-3-22-20(23-14-16-6-4-8-18(21)12-16)24-15-17-7-5-9-19(13-17)26-11-10-25-2/h4-9,12-13H,3,10-11,14-15H2,1-2H3,(H2,22,23,24). The van der Waals surface area contributed by atoms with E-state index < -0.39 is 0 Å². The first-order valence-electron chi connectivity index (χ1n) is 8.68. The van der Waals surface area contributed by atoms with Crippen molar-refractivity contribution in [1.82, 2.24) is 10.6 Å². The van der Waals surface area contributed by atoms with Crippen LogP contribution >= 0.6 is 11.6 Å². The average Bonchev–Trinajstić information content (AvgIpc) is 2.65. The number of hydrogen-bond donors (Lipinski definition) is 2. The van der Waals surface area contributed by atoms with Gasteiger partial charge in [0.1, 0.15) is 12.4 Å². The first-order valence-corrected chi connectivity index (χ1v) is 9.06. The molecule has 0 saturated carbocycles. The highest BCUT2D eigenvalue weighted by Gasteiger charge is 2.01. The molecular formula is C20H26ClN3O2. The van der Waals surface area contributed by atoms with Crippen molar-refractivity contribution in [2.75, 3.05) is 26.9 Å². The second kappa shape index (κ2) is 11.4. The number of aliphatic imine (C=N–C) groups is 1. The molecule has 0 radical (unpaired) electrons. The molecule has 0 bridgehead atoms. The maximum Gasteiger partial charge on any atom is 0.191 e. The summed E-state index contributed by atoms with van der Waals surface area (Å²) in [6.45, 7) is 5.17. The topological polar surface area (TPSA) is 54.9 Å². The fourth-order valence-electron chi connectivity index (χ4n) is 2.32. The number of nitrogens with one attached hydrogen (secondary N) is 2. The van der Waals surface area contributed by atoms with Gasteiger partial charge in [0.05, 0.1) is 13.2 Å². The lowest BCUT2D eigenvalue weighted by Crippen LogP contribution is -2.36. The minimum absolute atomic E-state index is 0.539. The lowest BCUT2D eigenvalue weighted by molar-refractivity contribution is 0.146. The summed E-state index contributed by atoms with van der Waals surface area (Å²) in [6.07, 6.45) is 0. The Kier molecular flexibility index (Phi) is 8.79. The Labute approximate surface area is 160 Å². The fourth-order valence-corrected chi connectivity index (χ4v) is 2.53. The molecule has 0 heterocycles. The van der Waals surface area contributed by atoms with Gasteiger partial charge in [0, 0.05) is 25.2 Å². The third-order valence-electron chi connectivity index (χ3n) is 3.57. The molecule has 0 unspecified atom stereocenters. The molecule has 2 aromatic carbocycles. The second-order valence-electron chi connectivity index (χ2n) is 5.67. The van der Waals surface area contributed by atoms with E-state index in [1.807, 2.05) is 49.4 Å². The maximum absolute atomic E-state index is 6.02. The number of rotatable bonds is 9. The SMILES string of the molecule is CCNC(=NCc1cccc(Cl)c1)NCc1cccc(OCCOC)c1. The summed E-state index contributed by atoms with van der Waals surface area (Å²) in [4.78, 5) is 4.61. The van der Waals surface area contributed by atoms with Crippen molar-refractivity contribution in [2.45, 2.75) is 20.0 Å². The number of benzene rings is 2. The second-order valence-corrected chi connectivity index (χ2v) is 6.10. The largest absolute Gasteiger partial charge is 0.491 e. The van der Waals surface area contributed by atoms with E-state index in [-0.39, 0.29) is 0 Å². The first-order chi connectivity index (χ1) is 12.7. The van der Waals surface area contributed by atoms with Gasteiger partial charge >= 0.3 is 0 Å². The predicted octanol–water partition coefficient (Wildman–Crippen LogP) is 3.62. The van der Waals surface area contributed by atoms with Crippen molar-refractivity contribution in [3.05, 3.63) is 64.7 Å². The summed E-state index contributed by atoms with van der Waals surface area (Å²) < 4.78 is 10.6. The van der Waals surface area contributed by atoms with E-state index >= 15 is 0 Å². The van der Waals surface area contributed by atoms with Crippen LogP contribution in [0.3, 0.4) is 0 Å². The number of nitrogens with zero attached hydrogens (tertiary/aromatic N) is 1. The number of halogens is 1. The molecule has 0 aliphatic rings. The van der Waals surface area contributed by atoms with Crippen LogP contribution in [0.15, 0.2) is 53.5 Å². The van der Waals surface area contributed by atoms with Crippen LogP contribution in [0.25, 0.3) is 0 Å². The van der Waals surface area contributed by atoms with Gasteiger partial charge < -0.3 is 20.1 Å². The molecule has 2 rings (SSSR count). The Hall–Kier alpha value is -2.24. The van der Waals surface area contributed by atoms with Crippen LogP contribution in [0.5, 0.6) is 5.75 Å².